The molecule has 3 N–H and O–H groups in total. The lowest BCUT2D eigenvalue weighted by atomic mass is 10.1. The van der Waals surface area contributed by atoms with Crippen molar-refractivity contribution in [2.75, 3.05) is 0 Å². The molecule has 0 atom stereocenters. The van der Waals surface area contributed by atoms with Gasteiger partial charge in [-0.15, -0.1) is 0 Å². The van der Waals surface area contributed by atoms with Crippen LogP contribution in [0.2, 0.25) is 5.02 Å². The van der Waals surface area contributed by atoms with Gasteiger partial charge in [-0.1, -0.05) is 23.7 Å². The molecule has 0 aliphatic heterocycles. The fourth-order valence-electron chi connectivity index (χ4n) is 2.20. The van der Waals surface area contributed by atoms with Crippen molar-refractivity contribution in [3.63, 3.8) is 0 Å². The summed E-state index contributed by atoms with van der Waals surface area (Å²) in [5.74, 6) is 0.569. The summed E-state index contributed by atoms with van der Waals surface area (Å²) in [4.78, 5) is 5.10. The van der Waals surface area contributed by atoms with E-state index < -0.39 is 0 Å². The molecule has 0 aliphatic rings. The molecule has 22 heavy (non-hydrogen) atoms. The lowest BCUT2D eigenvalue weighted by Gasteiger charge is -2.04. The Kier molecular flexibility index (Phi) is 4.06. The van der Waals surface area contributed by atoms with Gasteiger partial charge in [-0.25, -0.2) is 4.98 Å². The fraction of sp³-hybridized carbons (Fsp3) is 0.0667. The Morgan fingerprint density at radius 3 is 2.50 bits per heavy atom. The summed E-state index contributed by atoms with van der Waals surface area (Å²) in [5, 5.41) is 21.0. The van der Waals surface area contributed by atoms with E-state index in [0.29, 0.717) is 22.1 Å². The van der Waals surface area contributed by atoms with Gasteiger partial charge in [-0.2, -0.15) is 9.78 Å². The first-order chi connectivity index (χ1) is 10.6. The van der Waals surface area contributed by atoms with Gasteiger partial charge in [0.1, 0.15) is 0 Å². The molecule has 0 fully saturated rings. The summed E-state index contributed by atoms with van der Waals surface area (Å²) in [6.07, 6.45) is 1.64. The minimum Gasteiger partial charge on any atom is -0.493 e. The van der Waals surface area contributed by atoms with Crippen LogP contribution in [0.15, 0.2) is 47.5 Å². The highest BCUT2D eigenvalue weighted by Gasteiger charge is 2.17. The molecule has 0 amide bonds. The van der Waals surface area contributed by atoms with E-state index in [9.17, 15) is 5.11 Å². The standard InChI is InChI=1S/C15H13ClN4OS/c1-9-14(10-2-4-11(16)5-3-10)15(21)20(19-9)13-7-6-12(22-17)8-18-13/h2-8,21H,17H2,1H3. The SMILES string of the molecule is Cc1nn(-c2ccc(SN)cn2)c(O)c1-c1ccc(Cl)cc1. The third-order valence-electron chi connectivity index (χ3n) is 3.24. The number of aromatic hydroxyl groups is 1. The summed E-state index contributed by atoms with van der Waals surface area (Å²) in [5.41, 5.74) is 2.22. The van der Waals surface area contributed by atoms with E-state index in [1.165, 1.54) is 4.68 Å². The van der Waals surface area contributed by atoms with Crippen LogP contribution < -0.4 is 5.14 Å². The lowest BCUT2D eigenvalue weighted by molar-refractivity contribution is 0.433. The van der Waals surface area contributed by atoms with E-state index in [1.807, 2.05) is 25.1 Å². The van der Waals surface area contributed by atoms with Crippen molar-refractivity contribution in [2.24, 2.45) is 5.14 Å². The Hall–Kier alpha value is -2.02. The first-order valence-corrected chi connectivity index (χ1v) is 7.73. The van der Waals surface area contributed by atoms with Crippen molar-refractivity contribution in [3.05, 3.63) is 53.3 Å². The summed E-state index contributed by atoms with van der Waals surface area (Å²) in [7, 11) is 0. The van der Waals surface area contributed by atoms with Crippen molar-refractivity contribution in [1.82, 2.24) is 14.8 Å². The highest BCUT2D eigenvalue weighted by atomic mass is 35.5. The maximum absolute atomic E-state index is 10.5. The molecule has 0 unspecified atom stereocenters. The molecule has 0 spiro atoms. The number of halogens is 1. The third-order valence-corrected chi connectivity index (χ3v) is 4.01. The Balaban J connectivity index is 2.07. The summed E-state index contributed by atoms with van der Waals surface area (Å²) in [6, 6.07) is 10.8. The van der Waals surface area contributed by atoms with Gasteiger partial charge in [-0.05, 0) is 48.7 Å². The average molecular weight is 333 g/mol. The smallest absolute Gasteiger partial charge is 0.223 e. The number of hydrogen-bond donors (Lipinski definition) is 2. The molecule has 3 rings (SSSR count). The second-order valence-electron chi connectivity index (χ2n) is 4.67. The van der Waals surface area contributed by atoms with Crippen molar-refractivity contribution >= 4 is 23.5 Å². The van der Waals surface area contributed by atoms with Crippen LogP contribution in [-0.2, 0) is 0 Å². The van der Waals surface area contributed by atoms with E-state index in [0.717, 1.165) is 22.4 Å². The molecule has 1 aromatic carbocycles. The number of nitrogens with two attached hydrogens (primary N) is 1. The van der Waals surface area contributed by atoms with Gasteiger partial charge in [0.2, 0.25) is 5.88 Å². The van der Waals surface area contributed by atoms with Gasteiger partial charge in [0, 0.05) is 16.1 Å². The highest BCUT2D eigenvalue weighted by molar-refractivity contribution is 7.97. The van der Waals surface area contributed by atoms with Crippen LogP contribution in [0.1, 0.15) is 5.69 Å². The first kappa shape index (κ1) is 14.9. The zero-order valence-electron chi connectivity index (χ0n) is 11.7. The van der Waals surface area contributed by atoms with Gasteiger partial charge in [-0.3, -0.25) is 5.14 Å². The molecule has 7 heteroatoms. The summed E-state index contributed by atoms with van der Waals surface area (Å²) < 4.78 is 1.41. The maximum atomic E-state index is 10.5. The largest absolute Gasteiger partial charge is 0.493 e. The van der Waals surface area contributed by atoms with Gasteiger partial charge < -0.3 is 5.11 Å². The van der Waals surface area contributed by atoms with Gasteiger partial charge >= 0.3 is 0 Å². The van der Waals surface area contributed by atoms with E-state index in [2.05, 4.69) is 10.1 Å². The van der Waals surface area contributed by atoms with Gasteiger partial charge in [0.25, 0.3) is 0 Å². The fourth-order valence-corrected chi connectivity index (χ4v) is 2.58. The number of aromatic nitrogens is 3. The minimum atomic E-state index is 0.0421. The Morgan fingerprint density at radius 2 is 1.91 bits per heavy atom. The van der Waals surface area contributed by atoms with Crippen LogP contribution in [0.25, 0.3) is 16.9 Å². The number of benzene rings is 1. The molecule has 2 heterocycles. The predicted octanol–water partition coefficient (Wildman–Crippen LogP) is 3.57. The number of pyridine rings is 1. The van der Waals surface area contributed by atoms with Crippen LogP contribution in [0, 0.1) is 6.92 Å². The molecule has 0 aliphatic carbocycles. The van der Waals surface area contributed by atoms with E-state index >= 15 is 0 Å². The minimum absolute atomic E-state index is 0.0421. The van der Waals surface area contributed by atoms with Crippen LogP contribution in [-0.4, -0.2) is 19.9 Å². The lowest BCUT2D eigenvalue weighted by Crippen LogP contribution is -1.99. The molecule has 3 aromatic rings. The molecule has 0 saturated heterocycles. The Bertz CT molecular complexity index is 800. The van der Waals surface area contributed by atoms with E-state index in [4.69, 9.17) is 16.7 Å². The molecule has 2 aromatic heterocycles. The Labute approximate surface area is 136 Å². The summed E-state index contributed by atoms with van der Waals surface area (Å²) in [6.45, 7) is 1.84. The van der Waals surface area contributed by atoms with Crippen LogP contribution >= 0.6 is 23.5 Å². The number of rotatable bonds is 3. The van der Waals surface area contributed by atoms with Crippen LogP contribution in [0.5, 0.6) is 5.88 Å². The maximum Gasteiger partial charge on any atom is 0.223 e. The Morgan fingerprint density at radius 1 is 1.18 bits per heavy atom. The van der Waals surface area contributed by atoms with Crippen LogP contribution in [0.4, 0.5) is 0 Å². The molecule has 0 bridgehead atoms. The van der Waals surface area contributed by atoms with E-state index in [-0.39, 0.29) is 5.88 Å². The molecule has 5 nitrogen and oxygen atoms in total. The predicted molar refractivity (Wildman–Crippen MR) is 88.3 cm³/mol. The number of hydrogen-bond acceptors (Lipinski definition) is 5. The van der Waals surface area contributed by atoms with Gasteiger partial charge in [0.05, 0.1) is 11.3 Å². The van der Waals surface area contributed by atoms with E-state index in [1.54, 1.807) is 24.4 Å². The third kappa shape index (κ3) is 2.68. The number of aryl methyl sites for hydroxylation is 1. The molecule has 0 radical (unpaired) electrons. The average Bonchev–Trinajstić information content (AvgIpc) is 2.83. The molecule has 112 valence electrons. The van der Waals surface area contributed by atoms with Crippen molar-refractivity contribution in [1.29, 1.82) is 0 Å². The second kappa shape index (κ2) is 6.00. The normalized spacial score (nSPS) is 10.9. The monoisotopic (exact) mass is 332 g/mol. The van der Waals surface area contributed by atoms with Crippen molar-refractivity contribution < 1.29 is 5.11 Å². The molecular weight excluding hydrogens is 320 g/mol. The quantitative estimate of drug-likeness (QED) is 0.717. The van der Waals surface area contributed by atoms with Gasteiger partial charge in [0.15, 0.2) is 5.82 Å². The zero-order valence-corrected chi connectivity index (χ0v) is 13.3. The van der Waals surface area contributed by atoms with Crippen molar-refractivity contribution in [3.8, 4) is 22.8 Å². The van der Waals surface area contributed by atoms with Crippen LogP contribution in [0.3, 0.4) is 0 Å². The first-order valence-electron chi connectivity index (χ1n) is 6.48. The highest BCUT2D eigenvalue weighted by Crippen LogP contribution is 2.34. The molecule has 0 saturated carbocycles. The summed E-state index contributed by atoms with van der Waals surface area (Å²) >= 11 is 7.02. The second-order valence-corrected chi connectivity index (χ2v) is 5.82. The number of nitrogens with zero attached hydrogens (tertiary/aromatic N) is 3. The van der Waals surface area contributed by atoms with Crippen molar-refractivity contribution in [2.45, 2.75) is 11.8 Å². The molecular formula is C15H13ClN4OS. The topological polar surface area (TPSA) is 77.0 Å². The zero-order chi connectivity index (χ0) is 15.7.